The summed E-state index contributed by atoms with van der Waals surface area (Å²) in [5.41, 5.74) is 1.49. The molecule has 3 heterocycles. The number of rotatable bonds is 4. The number of aromatic nitrogens is 4. The third-order valence-corrected chi connectivity index (χ3v) is 3.71. The van der Waals surface area contributed by atoms with Crippen LogP contribution >= 0.6 is 0 Å². The van der Waals surface area contributed by atoms with Crippen molar-refractivity contribution in [2.75, 3.05) is 6.61 Å². The van der Waals surface area contributed by atoms with Crippen molar-refractivity contribution >= 4 is 5.91 Å². The number of fused-ring (bicyclic) bond motifs is 1. The number of amides is 1. The van der Waals surface area contributed by atoms with Crippen LogP contribution in [0.5, 0.6) is 11.5 Å². The van der Waals surface area contributed by atoms with Gasteiger partial charge in [0.25, 0.3) is 5.91 Å². The van der Waals surface area contributed by atoms with E-state index < -0.39 is 6.10 Å². The van der Waals surface area contributed by atoms with Gasteiger partial charge < -0.3 is 14.8 Å². The van der Waals surface area contributed by atoms with Crippen LogP contribution < -0.4 is 14.8 Å². The number of carbonyl (C=O) groups excluding carboxylic acids is 1. The molecule has 8 nitrogen and oxygen atoms in total. The Labute approximate surface area is 143 Å². The Hall–Kier alpha value is -3.42. The van der Waals surface area contributed by atoms with E-state index in [1.807, 2.05) is 24.3 Å². The summed E-state index contributed by atoms with van der Waals surface area (Å²) in [5.74, 6) is 0.956. The van der Waals surface area contributed by atoms with E-state index in [-0.39, 0.29) is 19.1 Å². The van der Waals surface area contributed by atoms with E-state index in [1.54, 1.807) is 35.4 Å². The van der Waals surface area contributed by atoms with Gasteiger partial charge in [-0.1, -0.05) is 17.3 Å². The molecule has 4 rings (SSSR count). The van der Waals surface area contributed by atoms with Gasteiger partial charge in [0.05, 0.1) is 18.4 Å². The Kier molecular flexibility index (Phi) is 3.99. The molecule has 1 aliphatic rings. The van der Waals surface area contributed by atoms with Crippen molar-refractivity contribution in [3.63, 3.8) is 0 Å². The molecule has 0 bridgehead atoms. The molecule has 0 saturated heterocycles. The standard InChI is InChI=1S/C17H15N5O3/c23-17(16-11-24-14-3-1-2-4-15(14)25-16)19-9-12-10-22(21-20-12)13-5-7-18-8-6-13/h1-8,10,16H,9,11H2,(H,19,23). The summed E-state index contributed by atoms with van der Waals surface area (Å²) in [6.45, 7) is 0.429. The van der Waals surface area contributed by atoms with E-state index in [9.17, 15) is 4.79 Å². The molecule has 1 aromatic carbocycles. The molecule has 3 aromatic rings. The second kappa shape index (κ2) is 6.60. The summed E-state index contributed by atoms with van der Waals surface area (Å²) in [6.07, 6.45) is 4.42. The van der Waals surface area contributed by atoms with Gasteiger partial charge in [0.2, 0.25) is 6.10 Å². The third-order valence-electron chi connectivity index (χ3n) is 3.71. The number of nitrogens with zero attached hydrogens (tertiary/aromatic N) is 4. The van der Waals surface area contributed by atoms with E-state index >= 15 is 0 Å². The minimum absolute atomic E-state index is 0.173. The van der Waals surface area contributed by atoms with Crippen LogP contribution in [-0.2, 0) is 11.3 Å². The fourth-order valence-electron chi connectivity index (χ4n) is 2.44. The predicted octanol–water partition coefficient (Wildman–Crippen LogP) is 1.12. The van der Waals surface area contributed by atoms with Crippen molar-refractivity contribution in [3.05, 3.63) is 60.7 Å². The van der Waals surface area contributed by atoms with Crippen LogP contribution in [0.2, 0.25) is 0 Å². The molecule has 0 radical (unpaired) electrons. The molecule has 1 N–H and O–H groups in total. The highest BCUT2D eigenvalue weighted by atomic mass is 16.6. The van der Waals surface area contributed by atoms with Gasteiger partial charge in [-0.15, -0.1) is 5.10 Å². The molecule has 0 aliphatic carbocycles. The van der Waals surface area contributed by atoms with Gasteiger partial charge in [0, 0.05) is 12.4 Å². The second-order valence-corrected chi connectivity index (χ2v) is 5.44. The van der Waals surface area contributed by atoms with Gasteiger partial charge in [-0.05, 0) is 24.3 Å². The van der Waals surface area contributed by atoms with E-state index in [4.69, 9.17) is 9.47 Å². The van der Waals surface area contributed by atoms with Gasteiger partial charge in [0.15, 0.2) is 11.5 Å². The molecule has 1 amide bonds. The molecule has 126 valence electrons. The van der Waals surface area contributed by atoms with Crippen LogP contribution in [0.25, 0.3) is 5.69 Å². The molecule has 2 aromatic heterocycles. The third kappa shape index (κ3) is 3.27. The zero-order valence-corrected chi connectivity index (χ0v) is 13.2. The molecular formula is C17H15N5O3. The minimum atomic E-state index is -0.690. The van der Waals surface area contributed by atoms with E-state index in [2.05, 4.69) is 20.6 Å². The number of hydrogen-bond donors (Lipinski definition) is 1. The fourth-order valence-corrected chi connectivity index (χ4v) is 2.44. The van der Waals surface area contributed by atoms with Crippen LogP contribution in [-0.4, -0.2) is 38.6 Å². The number of pyridine rings is 1. The lowest BCUT2D eigenvalue weighted by Gasteiger charge is -2.25. The van der Waals surface area contributed by atoms with Crippen molar-refractivity contribution in [2.45, 2.75) is 12.6 Å². The van der Waals surface area contributed by atoms with E-state index in [0.29, 0.717) is 17.2 Å². The SMILES string of the molecule is O=C(NCc1cn(-c2ccncc2)nn1)C1COc2ccccc2O1. The highest BCUT2D eigenvalue weighted by Gasteiger charge is 2.27. The molecule has 25 heavy (non-hydrogen) atoms. The Morgan fingerprint density at radius 1 is 1.20 bits per heavy atom. The molecular weight excluding hydrogens is 322 g/mol. The number of carbonyl (C=O) groups is 1. The molecule has 0 fully saturated rings. The normalized spacial score (nSPS) is 15.6. The fraction of sp³-hybridized carbons (Fsp3) is 0.176. The predicted molar refractivity (Wildman–Crippen MR) is 87.4 cm³/mol. The summed E-state index contributed by atoms with van der Waals surface area (Å²) in [6, 6.07) is 10.9. The van der Waals surface area contributed by atoms with Crippen LogP contribution in [0.1, 0.15) is 5.69 Å². The van der Waals surface area contributed by atoms with Crippen molar-refractivity contribution in [2.24, 2.45) is 0 Å². The second-order valence-electron chi connectivity index (χ2n) is 5.44. The zero-order valence-electron chi connectivity index (χ0n) is 13.2. The van der Waals surface area contributed by atoms with Crippen molar-refractivity contribution < 1.29 is 14.3 Å². The lowest BCUT2D eigenvalue weighted by atomic mass is 10.2. The monoisotopic (exact) mass is 337 g/mol. The maximum Gasteiger partial charge on any atom is 0.265 e. The maximum atomic E-state index is 12.3. The number of hydrogen-bond acceptors (Lipinski definition) is 6. The van der Waals surface area contributed by atoms with Gasteiger partial charge in [-0.3, -0.25) is 9.78 Å². The van der Waals surface area contributed by atoms with Gasteiger partial charge in [0.1, 0.15) is 12.3 Å². The molecule has 8 heteroatoms. The Morgan fingerprint density at radius 3 is 2.84 bits per heavy atom. The van der Waals surface area contributed by atoms with Crippen LogP contribution in [0.15, 0.2) is 55.0 Å². The summed E-state index contributed by atoms with van der Waals surface area (Å²) in [4.78, 5) is 16.2. The minimum Gasteiger partial charge on any atom is -0.485 e. The first kappa shape index (κ1) is 15.1. The van der Waals surface area contributed by atoms with Gasteiger partial charge in [-0.25, -0.2) is 4.68 Å². The van der Waals surface area contributed by atoms with Crippen molar-refractivity contribution in [1.82, 2.24) is 25.3 Å². The Bertz CT molecular complexity index is 881. The van der Waals surface area contributed by atoms with Crippen LogP contribution in [0.3, 0.4) is 0 Å². The van der Waals surface area contributed by atoms with Crippen LogP contribution in [0, 0.1) is 0 Å². The first-order valence-electron chi connectivity index (χ1n) is 7.77. The van der Waals surface area contributed by atoms with Crippen molar-refractivity contribution in [1.29, 1.82) is 0 Å². The first-order valence-corrected chi connectivity index (χ1v) is 7.77. The molecule has 1 atom stereocenters. The number of benzene rings is 1. The summed E-state index contributed by atoms with van der Waals surface area (Å²) in [5, 5.41) is 10.9. The first-order chi connectivity index (χ1) is 12.3. The lowest BCUT2D eigenvalue weighted by molar-refractivity contribution is -0.130. The summed E-state index contributed by atoms with van der Waals surface area (Å²) < 4.78 is 12.8. The number of para-hydroxylation sites is 2. The number of ether oxygens (including phenoxy) is 2. The topological polar surface area (TPSA) is 91.2 Å². The Balaban J connectivity index is 1.36. The maximum absolute atomic E-state index is 12.3. The van der Waals surface area contributed by atoms with Crippen LogP contribution in [0.4, 0.5) is 0 Å². The summed E-state index contributed by atoms with van der Waals surface area (Å²) >= 11 is 0. The van der Waals surface area contributed by atoms with E-state index in [0.717, 1.165) is 5.69 Å². The zero-order chi connectivity index (χ0) is 17.1. The van der Waals surface area contributed by atoms with Gasteiger partial charge in [-0.2, -0.15) is 0 Å². The Morgan fingerprint density at radius 2 is 2.00 bits per heavy atom. The van der Waals surface area contributed by atoms with Crippen molar-refractivity contribution in [3.8, 4) is 17.2 Å². The lowest BCUT2D eigenvalue weighted by Crippen LogP contribution is -2.43. The average molecular weight is 337 g/mol. The smallest absolute Gasteiger partial charge is 0.265 e. The van der Waals surface area contributed by atoms with E-state index in [1.165, 1.54) is 0 Å². The largest absolute Gasteiger partial charge is 0.485 e. The summed E-state index contributed by atoms with van der Waals surface area (Å²) in [7, 11) is 0. The molecule has 1 unspecified atom stereocenters. The average Bonchev–Trinajstić information content (AvgIpc) is 3.15. The van der Waals surface area contributed by atoms with Gasteiger partial charge >= 0.3 is 0 Å². The molecule has 1 aliphatic heterocycles. The number of nitrogens with one attached hydrogen (secondary N) is 1. The highest BCUT2D eigenvalue weighted by Crippen LogP contribution is 2.30. The highest BCUT2D eigenvalue weighted by molar-refractivity contribution is 5.81. The molecule has 0 spiro atoms. The molecule has 0 saturated carbocycles. The quantitative estimate of drug-likeness (QED) is 0.767.